The van der Waals surface area contributed by atoms with E-state index in [-0.39, 0.29) is 10.3 Å². The van der Waals surface area contributed by atoms with Crippen LogP contribution in [-0.2, 0) is 21.4 Å². The Balaban J connectivity index is 1.39. The van der Waals surface area contributed by atoms with Crippen molar-refractivity contribution in [1.82, 2.24) is 9.55 Å². The van der Waals surface area contributed by atoms with Crippen molar-refractivity contribution in [3.63, 3.8) is 0 Å². The Labute approximate surface area is 182 Å². The van der Waals surface area contributed by atoms with Crippen LogP contribution in [0.1, 0.15) is 51.9 Å². The standard InChI is InChI=1S/C22H29N3O3S2/c1-2-5-25-19-4-3-17(30(23,27)28)9-18(19)24-21(25)29-13-20(26)22-10-14-6-15(11-22)8-16(7-14)12-22/h3-4,9,14-16H,2,5-8,10-13H2,1H3,(H2,23,27,28). The summed E-state index contributed by atoms with van der Waals surface area (Å²) in [4.78, 5) is 18.1. The molecule has 4 bridgehead atoms. The summed E-state index contributed by atoms with van der Waals surface area (Å²) in [5.41, 5.74) is 1.40. The van der Waals surface area contributed by atoms with Crippen molar-refractivity contribution >= 4 is 38.6 Å². The molecule has 1 aromatic heterocycles. The number of aryl methyl sites for hydroxylation is 1. The molecule has 0 atom stereocenters. The van der Waals surface area contributed by atoms with E-state index in [1.54, 1.807) is 6.07 Å². The van der Waals surface area contributed by atoms with Gasteiger partial charge in [0.2, 0.25) is 10.0 Å². The molecule has 1 heterocycles. The van der Waals surface area contributed by atoms with Crippen molar-refractivity contribution in [1.29, 1.82) is 0 Å². The number of nitrogens with two attached hydrogens (primary N) is 1. The van der Waals surface area contributed by atoms with Gasteiger partial charge in [0.25, 0.3) is 0 Å². The summed E-state index contributed by atoms with van der Waals surface area (Å²) in [6.45, 7) is 2.87. The zero-order valence-corrected chi connectivity index (χ0v) is 19.0. The highest BCUT2D eigenvalue weighted by molar-refractivity contribution is 7.99. The number of sulfonamides is 1. The third-order valence-corrected chi connectivity index (χ3v) is 9.31. The number of thioether (sulfide) groups is 1. The minimum absolute atomic E-state index is 0.0670. The van der Waals surface area contributed by atoms with Gasteiger partial charge in [-0.25, -0.2) is 18.5 Å². The van der Waals surface area contributed by atoms with Crippen LogP contribution in [0.15, 0.2) is 28.3 Å². The number of nitrogens with zero attached hydrogens (tertiary/aromatic N) is 2. The number of aromatic nitrogens is 2. The van der Waals surface area contributed by atoms with Gasteiger partial charge >= 0.3 is 0 Å². The molecule has 1 aromatic carbocycles. The number of carbonyl (C=O) groups is 1. The summed E-state index contributed by atoms with van der Waals surface area (Å²) in [7, 11) is -3.77. The van der Waals surface area contributed by atoms with Crippen molar-refractivity contribution in [3.8, 4) is 0 Å². The Morgan fingerprint density at radius 1 is 1.20 bits per heavy atom. The maximum Gasteiger partial charge on any atom is 0.238 e. The molecule has 4 aliphatic rings. The maximum absolute atomic E-state index is 13.4. The van der Waals surface area contributed by atoms with Crippen LogP contribution in [0.4, 0.5) is 0 Å². The number of Topliss-reactive ketones (excluding diaryl/α,β-unsaturated/α-hetero) is 1. The molecule has 0 aliphatic heterocycles. The molecular formula is C22H29N3O3S2. The molecule has 0 spiro atoms. The predicted octanol–water partition coefficient (Wildman–Crippen LogP) is 3.97. The molecule has 30 heavy (non-hydrogen) atoms. The van der Waals surface area contributed by atoms with E-state index in [9.17, 15) is 13.2 Å². The number of benzene rings is 1. The van der Waals surface area contributed by atoms with Crippen molar-refractivity contribution < 1.29 is 13.2 Å². The average Bonchev–Trinajstić information content (AvgIpc) is 3.01. The second kappa shape index (κ2) is 7.35. The minimum Gasteiger partial charge on any atom is -0.319 e. The Bertz CT molecular complexity index is 1070. The molecule has 8 heteroatoms. The summed E-state index contributed by atoms with van der Waals surface area (Å²) < 4.78 is 25.5. The summed E-state index contributed by atoms with van der Waals surface area (Å²) in [5.74, 6) is 3.11. The van der Waals surface area contributed by atoms with E-state index in [0.717, 1.165) is 60.7 Å². The number of ketones is 1. The largest absolute Gasteiger partial charge is 0.319 e. The number of rotatable bonds is 7. The highest BCUT2D eigenvalue weighted by Crippen LogP contribution is 2.60. The van der Waals surface area contributed by atoms with Crippen LogP contribution in [0.5, 0.6) is 0 Å². The van der Waals surface area contributed by atoms with Gasteiger partial charge in [0.05, 0.1) is 21.7 Å². The van der Waals surface area contributed by atoms with E-state index in [0.29, 0.717) is 17.1 Å². The molecule has 2 N–H and O–H groups in total. The Morgan fingerprint density at radius 2 is 1.83 bits per heavy atom. The lowest BCUT2D eigenvalue weighted by molar-refractivity contribution is -0.141. The SMILES string of the molecule is CCCn1c(SCC(=O)C23CC4CC(CC(C4)C2)C3)nc2cc(S(N)(=O)=O)ccc21. The first-order valence-corrected chi connectivity index (χ1v) is 13.5. The van der Waals surface area contributed by atoms with E-state index >= 15 is 0 Å². The normalized spacial score (nSPS) is 30.3. The summed E-state index contributed by atoms with van der Waals surface area (Å²) in [6, 6.07) is 4.82. The zero-order valence-electron chi connectivity index (χ0n) is 17.3. The van der Waals surface area contributed by atoms with Gasteiger partial charge in [-0.2, -0.15) is 0 Å². The lowest BCUT2D eigenvalue weighted by Crippen LogP contribution is -2.50. The van der Waals surface area contributed by atoms with E-state index < -0.39 is 10.0 Å². The van der Waals surface area contributed by atoms with Crippen LogP contribution < -0.4 is 5.14 Å². The fourth-order valence-electron chi connectivity index (χ4n) is 6.55. The lowest BCUT2D eigenvalue weighted by Gasteiger charge is -2.56. The number of carbonyl (C=O) groups excluding carboxylic acids is 1. The Hall–Kier alpha value is -1.38. The molecule has 0 radical (unpaired) electrons. The lowest BCUT2D eigenvalue weighted by atomic mass is 9.48. The molecule has 6 nitrogen and oxygen atoms in total. The van der Waals surface area contributed by atoms with Gasteiger partial charge in [0.1, 0.15) is 5.78 Å². The topological polar surface area (TPSA) is 95.0 Å². The Morgan fingerprint density at radius 3 is 2.40 bits per heavy atom. The Kier molecular flexibility index (Phi) is 5.02. The van der Waals surface area contributed by atoms with Crippen LogP contribution in [0.3, 0.4) is 0 Å². The van der Waals surface area contributed by atoms with E-state index in [2.05, 4.69) is 16.5 Å². The van der Waals surface area contributed by atoms with E-state index in [4.69, 9.17) is 5.14 Å². The smallest absolute Gasteiger partial charge is 0.238 e. The van der Waals surface area contributed by atoms with Crippen LogP contribution in [0, 0.1) is 23.2 Å². The maximum atomic E-state index is 13.4. The fraction of sp³-hybridized carbons (Fsp3) is 0.636. The molecule has 4 aliphatic carbocycles. The first kappa shape index (κ1) is 20.5. The number of hydrogen-bond donors (Lipinski definition) is 1. The molecule has 162 valence electrons. The van der Waals surface area contributed by atoms with Crippen LogP contribution in [0.25, 0.3) is 11.0 Å². The summed E-state index contributed by atoms with van der Waals surface area (Å²) >= 11 is 1.50. The first-order chi connectivity index (χ1) is 14.3. The summed E-state index contributed by atoms with van der Waals surface area (Å²) in [5, 5.41) is 6.07. The minimum atomic E-state index is -3.77. The summed E-state index contributed by atoms with van der Waals surface area (Å²) in [6.07, 6.45) is 8.18. The number of fused-ring (bicyclic) bond motifs is 1. The van der Waals surface area contributed by atoms with Crippen molar-refractivity contribution in [2.24, 2.45) is 28.3 Å². The molecule has 4 fully saturated rings. The van der Waals surface area contributed by atoms with Crippen LogP contribution >= 0.6 is 11.8 Å². The second-order valence-corrected chi connectivity index (χ2v) is 12.2. The van der Waals surface area contributed by atoms with Gasteiger partial charge in [0.15, 0.2) is 5.16 Å². The number of imidazole rings is 1. The number of hydrogen-bond acceptors (Lipinski definition) is 5. The molecular weight excluding hydrogens is 418 g/mol. The highest BCUT2D eigenvalue weighted by atomic mass is 32.2. The molecule has 6 rings (SSSR count). The van der Waals surface area contributed by atoms with Crippen molar-refractivity contribution in [3.05, 3.63) is 18.2 Å². The van der Waals surface area contributed by atoms with E-state index in [1.807, 2.05) is 0 Å². The molecule has 0 saturated heterocycles. The quantitative estimate of drug-likeness (QED) is 0.648. The third-order valence-electron chi connectivity index (χ3n) is 7.42. The molecule has 2 aromatic rings. The molecule has 0 unspecified atom stereocenters. The molecule has 4 saturated carbocycles. The highest BCUT2D eigenvalue weighted by Gasteiger charge is 2.54. The third kappa shape index (κ3) is 3.50. The second-order valence-electron chi connectivity index (χ2n) is 9.65. The predicted molar refractivity (Wildman–Crippen MR) is 118 cm³/mol. The van der Waals surface area contributed by atoms with E-state index in [1.165, 1.54) is 43.2 Å². The van der Waals surface area contributed by atoms with Crippen molar-refractivity contribution in [2.45, 2.75) is 68.5 Å². The van der Waals surface area contributed by atoms with Gasteiger partial charge in [-0.05, 0) is 80.9 Å². The van der Waals surface area contributed by atoms with Crippen molar-refractivity contribution in [2.75, 3.05) is 5.75 Å². The average molecular weight is 448 g/mol. The van der Waals surface area contributed by atoms with Gasteiger partial charge in [-0.3, -0.25) is 4.79 Å². The fourth-order valence-corrected chi connectivity index (χ4v) is 8.16. The zero-order chi connectivity index (χ0) is 21.1. The van der Waals surface area contributed by atoms with Gasteiger partial charge in [0, 0.05) is 12.0 Å². The van der Waals surface area contributed by atoms with Gasteiger partial charge < -0.3 is 4.57 Å². The first-order valence-electron chi connectivity index (χ1n) is 11.0. The molecule has 0 amide bonds. The van der Waals surface area contributed by atoms with Crippen LogP contribution in [-0.4, -0.2) is 29.5 Å². The van der Waals surface area contributed by atoms with Crippen LogP contribution in [0.2, 0.25) is 0 Å². The van der Waals surface area contributed by atoms with Gasteiger partial charge in [-0.1, -0.05) is 18.7 Å². The van der Waals surface area contributed by atoms with Gasteiger partial charge in [-0.15, -0.1) is 0 Å². The number of primary sulfonamides is 1. The monoisotopic (exact) mass is 447 g/mol.